The van der Waals surface area contributed by atoms with Crippen molar-refractivity contribution in [3.05, 3.63) is 0 Å². The Balaban J connectivity index is 1.86. The third-order valence-electron chi connectivity index (χ3n) is 3.95. The van der Waals surface area contributed by atoms with Gasteiger partial charge in [0, 0.05) is 25.2 Å². The molecule has 0 aromatic carbocycles. The zero-order chi connectivity index (χ0) is 11.2. The Morgan fingerprint density at radius 3 is 2.81 bits per heavy atom. The number of rotatable bonds is 4. The van der Waals surface area contributed by atoms with E-state index in [0.717, 1.165) is 38.9 Å². The van der Waals surface area contributed by atoms with Crippen LogP contribution >= 0.6 is 0 Å². The fraction of sp³-hybridized carbons (Fsp3) is 1.00. The standard InChI is InChI=1S/C13H26N2O/c1-2-14-10-13-11-16-9-8-15(13)12-6-4-3-5-7-12/h12-14H,2-11H2,1H3. The van der Waals surface area contributed by atoms with Crippen LogP contribution < -0.4 is 5.32 Å². The topological polar surface area (TPSA) is 24.5 Å². The average molecular weight is 226 g/mol. The number of hydrogen-bond acceptors (Lipinski definition) is 3. The summed E-state index contributed by atoms with van der Waals surface area (Å²) in [6.07, 6.45) is 7.11. The molecule has 2 aliphatic rings. The van der Waals surface area contributed by atoms with Gasteiger partial charge in [-0.1, -0.05) is 26.2 Å². The molecule has 0 radical (unpaired) electrons. The summed E-state index contributed by atoms with van der Waals surface area (Å²) in [5, 5.41) is 3.47. The highest BCUT2D eigenvalue weighted by molar-refractivity contribution is 4.84. The Morgan fingerprint density at radius 1 is 1.25 bits per heavy atom. The summed E-state index contributed by atoms with van der Waals surface area (Å²) in [5.74, 6) is 0. The summed E-state index contributed by atoms with van der Waals surface area (Å²) in [6.45, 7) is 7.32. The van der Waals surface area contributed by atoms with Gasteiger partial charge in [-0.3, -0.25) is 4.90 Å². The van der Waals surface area contributed by atoms with Gasteiger partial charge in [-0.05, 0) is 19.4 Å². The van der Waals surface area contributed by atoms with Gasteiger partial charge in [0.2, 0.25) is 0 Å². The van der Waals surface area contributed by atoms with Crippen molar-refractivity contribution in [1.82, 2.24) is 10.2 Å². The maximum absolute atomic E-state index is 5.62. The van der Waals surface area contributed by atoms with Gasteiger partial charge in [0.05, 0.1) is 13.2 Å². The van der Waals surface area contributed by atoms with E-state index >= 15 is 0 Å². The highest BCUT2D eigenvalue weighted by Gasteiger charge is 2.29. The van der Waals surface area contributed by atoms with Crippen molar-refractivity contribution in [2.24, 2.45) is 0 Å². The highest BCUT2D eigenvalue weighted by Crippen LogP contribution is 2.25. The Kier molecular flexibility index (Phi) is 5.07. The van der Waals surface area contributed by atoms with Crippen molar-refractivity contribution in [3.8, 4) is 0 Å². The molecule has 1 atom stereocenters. The van der Waals surface area contributed by atoms with Crippen molar-refractivity contribution in [2.45, 2.75) is 51.1 Å². The first-order chi connectivity index (χ1) is 7.92. The van der Waals surface area contributed by atoms with E-state index in [4.69, 9.17) is 4.74 Å². The number of hydrogen-bond donors (Lipinski definition) is 1. The van der Waals surface area contributed by atoms with Crippen LogP contribution in [0.4, 0.5) is 0 Å². The van der Waals surface area contributed by atoms with Gasteiger partial charge in [0.15, 0.2) is 0 Å². The normalized spacial score (nSPS) is 29.4. The number of likely N-dealkylation sites (N-methyl/N-ethyl adjacent to an activating group) is 1. The van der Waals surface area contributed by atoms with Crippen molar-refractivity contribution in [2.75, 3.05) is 32.8 Å². The second-order valence-corrected chi connectivity index (χ2v) is 5.07. The first-order valence-corrected chi connectivity index (χ1v) is 6.96. The van der Waals surface area contributed by atoms with E-state index in [-0.39, 0.29) is 0 Å². The summed E-state index contributed by atoms with van der Waals surface area (Å²) in [5.41, 5.74) is 0. The van der Waals surface area contributed by atoms with Gasteiger partial charge < -0.3 is 10.1 Å². The molecule has 0 aromatic rings. The lowest BCUT2D eigenvalue weighted by molar-refractivity contribution is -0.0350. The number of nitrogens with one attached hydrogen (secondary N) is 1. The lowest BCUT2D eigenvalue weighted by atomic mass is 9.93. The average Bonchev–Trinajstić information content (AvgIpc) is 2.38. The molecular weight excluding hydrogens is 200 g/mol. The predicted molar refractivity (Wildman–Crippen MR) is 66.7 cm³/mol. The lowest BCUT2D eigenvalue weighted by Gasteiger charge is -2.42. The molecule has 0 amide bonds. The van der Waals surface area contributed by atoms with Gasteiger partial charge in [0.1, 0.15) is 0 Å². The molecular formula is C13H26N2O. The van der Waals surface area contributed by atoms with E-state index in [1.54, 1.807) is 0 Å². The van der Waals surface area contributed by atoms with Gasteiger partial charge in [-0.2, -0.15) is 0 Å². The summed E-state index contributed by atoms with van der Waals surface area (Å²) in [7, 11) is 0. The van der Waals surface area contributed by atoms with E-state index < -0.39 is 0 Å². The Labute approximate surface area is 99.5 Å². The number of nitrogens with zero attached hydrogens (tertiary/aromatic N) is 1. The minimum atomic E-state index is 0.608. The largest absolute Gasteiger partial charge is 0.378 e. The molecule has 3 nitrogen and oxygen atoms in total. The van der Waals surface area contributed by atoms with Gasteiger partial charge >= 0.3 is 0 Å². The van der Waals surface area contributed by atoms with Crippen LogP contribution in [0.1, 0.15) is 39.0 Å². The van der Waals surface area contributed by atoms with Crippen LogP contribution in [0, 0.1) is 0 Å². The van der Waals surface area contributed by atoms with Crippen LogP contribution in [0.3, 0.4) is 0 Å². The van der Waals surface area contributed by atoms with E-state index in [9.17, 15) is 0 Å². The van der Waals surface area contributed by atoms with Crippen LogP contribution in [-0.2, 0) is 4.74 Å². The summed E-state index contributed by atoms with van der Waals surface area (Å²) in [4.78, 5) is 2.71. The first-order valence-electron chi connectivity index (χ1n) is 6.96. The number of ether oxygens (including phenoxy) is 1. The molecule has 2 rings (SSSR count). The summed E-state index contributed by atoms with van der Waals surface area (Å²) in [6, 6.07) is 1.44. The minimum absolute atomic E-state index is 0.608. The van der Waals surface area contributed by atoms with Crippen molar-refractivity contribution < 1.29 is 4.74 Å². The molecule has 1 aliphatic heterocycles. The van der Waals surface area contributed by atoms with Crippen molar-refractivity contribution >= 4 is 0 Å². The van der Waals surface area contributed by atoms with Crippen LogP contribution in [0.2, 0.25) is 0 Å². The number of morpholine rings is 1. The minimum Gasteiger partial charge on any atom is -0.378 e. The molecule has 2 fully saturated rings. The SMILES string of the molecule is CCNCC1COCCN1C1CCCCC1. The maximum atomic E-state index is 5.62. The summed E-state index contributed by atoms with van der Waals surface area (Å²) < 4.78 is 5.62. The molecule has 16 heavy (non-hydrogen) atoms. The fourth-order valence-corrected chi connectivity index (χ4v) is 3.05. The molecule has 1 N–H and O–H groups in total. The monoisotopic (exact) mass is 226 g/mol. The Morgan fingerprint density at radius 2 is 2.06 bits per heavy atom. The Hall–Kier alpha value is -0.120. The second kappa shape index (κ2) is 6.58. The van der Waals surface area contributed by atoms with E-state index in [0.29, 0.717) is 6.04 Å². The van der Waals surface area contributed by atoms with Crippen LogP contribution in [0.15, 0.2) is 0 Å². The molecule has 1 heterocycles. The zero-order valence-corrected chi connectivity index (χ0v) is 10.6. The molecule has 1 aliphatic carbocycles. The molecule has 1 saturated carbocycles. The van der Waals surface area contributed by atoms with E-state index in [1.165, 1.54) is 32.1 Å². The fourth-order valence-electron chi connectivity index (χ4n) is 3.05. The molecule has 0 bridgehead atoms. The molecule has 0 spiro atoms. The zero-order valence-electron chi connectivity index (χ0n) is 10.6. The van der Waals surface area contributed by atoms with Crippen molar-refractivity contribution in [3.63, 3.8) is 0 Å². The molecule has 1 unspecified atom stereocenters. The van der Waals surface area contributed by atoms with E-state index in [1.807, 2.05) is 0 Å². The third-order valence-corrected chi connectivity index (χ3v) is 3.95. The van der Waals surface area contributed by atoms with Gasteiger partial charge in [-0.15, -0.1) is 0 Å². The maximum Gasteiger partial charge on any atom is 0.0635 e. The molecule has 0 aromatic heterocycles. The molecule has 1 saturated heterocycles. The molecule has 3 heteroatoms. The summed E-state index contributed by atoms with van der Waals surface area (Å²) >= 11 is 0. The third kappa shape index (κ3) is 3.19. The second-order valence-electron chi connectivity index (χ2n) is 5.07. The predicted octanol–water partition coefficient (Wildman–Crippen LogP) is 1.63. The van der Waals surface area contributed by atoms with Crippen LogP contribution in [-0.4, -0.2) is 49.8 Å². The van der Waals surface area contributed by atoms with Crippen LogP contribution in [0.25, 0.3) is 0 Å². The quantitative estimate of drug-likeness (QED) is 0.788. The van der Waals surface area contributed by atoms with E-state index in [2.05, 4.69) is 17.1 Å². The molecule has 94 valence electrons. The van der Waals surface area contributed by atoms with Crippen LogP contribution in [0.5, 0.6) is 0 Å². The smallest absolute Gasteiger partial charge is 0.0635 e. The highest BCUT2D eigenvalue weighted by atomic mass is 16.5. The van der Waals surface area contributed by atoms with Crippen molar-refractivity contribution in [1.29, 1.82) is 0 Å². The van der Waals surface area contributed by atoms with Gasteiger partial charge in [-0.25, -0.2) is 0 Å². The van der Waals surface area contributed by atoms with Gasteiger partial charge in [0.25, 0.3) is 0 Å². The Bertz CT molecular complexity index is 192. The first kappa shape index (κ1) is 12.3. The lowest BCUT2D eigenvalue weighted by Crippen LogP contribution is -2.54.